The number of aliphatic hydroxyl groups is 1. The van der Waals surface area contributed by atoms with Crippen molar-refractivity contribution in [1.82, 2.24) is 0 Å². The largest absolute Gasteiger partial charge is 0.507 e. The standard InChI is InChI=1S/C25H18O8/c1-32-20(26)12-17(21-22(27)14-7-3-4-8-15(14)23(28)24(21)29)19-11-10-18(33-19)13-6-2-5-9-16(13)25(30)31/h2-11,17,27H,12H2,1H3,(H,30,31). The van der Waals surface area contributed by atoms with E-state index in [1.807, 2.05) is 0 Å². The Morgan fingerprint density at radius 2 is 1.55 bits per heavy atom. The maximum atomic E-state index is 13.0. The molecule has 0 fully saturated rings. The molecule has 2 N–H and O–H groups in total. The van der Waals surface area contributed by atoms with E-state index >= 15 is 0 Å². The number of rotatable bonds is 6. The van der Waals surface area contributed by atoms with Gasteiger partial charge in [-0.25, -0.2) is 4.79 Å². The second-order valence-electron chi connectivity index (χ2n) is 7.35. The fraction of sp³-hybridized carbons (Fsp3) is 0.120. The maximum absolute atomic E-state index is 13.0. The van der Waals surface area contributed by atoms with Crippen LogP contribution < -0.4 is 0 Å². The van der Waals surface area contributed by atoms with Crippen molar-refractivity contribution < 1.29 is 38.5 Å². The van der Waals surface area contributed by atoms with E-state index in [-0.39, 0.29) is 40.2 Å². The average Bonchev–Trinajstić information content (AvgIpc) is 3.32. The molecule has 8 heteroatoms. The number of carboxylic acids is 1. The number of hydrogen-bond acceptors (Lipinski definition) is 7. The van der Waals surface area contributed by atoms with Crippen LogP contribution in [0.1, 0.15) is 44.4 Å². The third-order valence-electron chi connectivity index (χ3n) is 5.47. The summed E-state index contributed by atoms with van der Waals surface area (Å²) < 4.78 is 10.6. The van der Waals surface area contributed by atoms with Gasteiger partial charge in [0.25, 0.3) is 0 Å². The molecule has 1 atom stereocenters. The number of ether oxygens (including phenoxy) is 1. The lowest BCUT2D eigenvalue weighted by atomic mass is 9.80. The Bertz CT molecular complexity index is 1330. The molecule has 33 heavy (non-hydrogen) atoms. The zero-order valence-electron chi connectivity index (χ0n) is 17.4. The fourth-order valence-corrected chi connectivity index (χ4v) is 3.87. The molecule has 0 radical (unpaired) electrons. The van der Waals surface area contributed by atoms with Gasteiger partial charge in [0.05, 0.1) is 30.6 Å². The van der Waals surface area contributed by atoms with Crippen LogP contribution in [0.3, 0.4) is 0 Å². The van der Waals surface area contributed by atoms with Crippen molar-refractivity contribution in [3.05, 3.63) is 88.7 Å². The quantitative estimate of drug-likeness (QED) is 0.429. The van der Waals surface area contributed by atoms with Crippen LogP contribution in [0.15, 0.2) is 70.7 Å². The second kappa shape index (κ2) is 8.58. The molecule has 1 aliphatic rings. The van der Waals surface area contributed by atoms with Gasteiger partial charge in [0.2, 0.25) is 11.6 Å². The summed E-state index contributed by atoms with van der Waals surface area (Å²) in [4.78, 5) is 49.4. The van der Waals surface area contributed by atoms with E-state index < -0.39 is 35.2 Å². The van der Waals surface area contributed by atoms with Gasteiger partial charge in [-0.3, -0.25) is 14.4 Å². The van der Waals surface area contributed by atoms with Gasteiger partial charge in [0.15, 0.2) is 0 Å². The summed E-state index contributed by atoms with van der Waals surface area (Å²) >= 11 is 0. The van der Waals surface area contributed by atoms with Gasteiger partial charge >= 0.3 is 11.9 Å². The number of esters is 1. The number of ketones is 2. The number of hydrogen-bond donors (Lipinski definition) is 2. The van der Waals surface area contributed by atoms with Gasteiger partial charge in [-0.2, -0.15) is 0 Å². The molecule has 1 heterocycles. The Balaban J connectivity index is 1.86. The van der Waals surface area contributed by atoms with Gasteiger partial charge in [0.1, 0.15) is 17.3 Å². The first-order valence-corrected chi connectivity index (χ1v) is 9.94. The van der Waals surface area contributed by atoms with Gasteiger partial charge in [-0.05, 0) is 18.2 Å². The highest BCUT2D eigenvalue weighted by Gasteiger charge is 2.39. The van der Waals surface area contributed by atoms with Gasteiger partial charge < -0.3 is 19.4 Å². The minimum atomic E-state index is -1.15. The van der Waals surface area contributed by atoms with Crippen LogP contribution in [0, 0.1) is 0 Å². The summed E-state index contributed by atoms with van der Waals surface area (Å²) in [6.07, 6.45) is -0.384. The summed E-state index contributed by atoms with van der Waals surface area (Å²) in [6, 6.07) is 15.3. The van der Waals surface area contributed by atoms with Crippen LogP contribution >= 0.6 is 0 Å². The molecular formula is C25H18O8. The van der Waals surface area contributed by atoms with Crippen molar-refractivity contribution in [2.45, 2.75) is 12.3 Å². The minimum Gasteiger partial charge on any atom is -0.507 e. The molecule has 0 spiro atoms. The van der Waals surface area contributed by atoms with Gasteiger partial charge in [-0.1, -0.05) is 42.5 Å². The number of Topliss-reactive ketones (excluding diaryl/α,β-unsaturated/α-hetero) is 2. The predicted octanol–water partition coefficient (Wildman–Crippen LogP) is 4.03. The van der Waals surface area contributed by atoms with Crippen LogP contribution in [-0.4, -0.2) is 40.8 Å². The molecule has 3 aromatic rings. The van der Waals surface area contributed by atoms with E-state index in [1.54, 1.807) is 30.3 Å². The molecule has 0 bridgehead atoms. The second-order valence-corrected chi connectivity index (χ2v) is 7.35. The SMILES string of the molecule is COC(=O)CC(C1=C(O)c2ccccc2C(=O)C1=O)c1ccc(-c2ccccc2C(=O)O)o1. The highest BCUT2D eigenvalue weighted by atomic mass is 16.5. The molecule has 0 aliphatic heterocycles. The van der Waals surface area contributed by atoms with Crippen LogP contribution in [-0.2, 0) is 14.3 Å². The molecule has 1 aromatic heterocycles. The predicted molar refractivity (Wildman–Crippen MR) is 116 cm³/mol. The lowest BCUT2D eigenvalue weighted by molar-refractivity contribution is -0.141. The number of benzene rings is 2. The Labute approximate surface area is 187 Å². The van der Waals surface area contributed by atoms with Crippen molar-refractivity contribution in [3.8, 4) is 11.3 Å². The molecule has 166 valence electrons. The molecule has 8 nitrogen and oxygen atoms in total. The van der Waals surface area contributed by atoms with Gasteiger partial charge in [-0.15, -0.1) is 0 Å². The van der Waals surface area contributed by atoms with Crippen molar-refractivity contribution in [1.29, 1.82) is 0 Å². The molecule has 2 aromatic carbocycles. The molecule has 1 unspecified atom stereocenters. The van der Waals surface area contributed by atoms with E-state index in [0.717, 1.165) is 0 Å². The highest BCUT2D eigenvalue weighted by molar-refractivity contribution is 6.52. The third-order valence-corrected chi connectivity index (χ3v) is 5.47. The normalized spacial score (nSPS) is 14.1. The summed E-state index contributed by atoms with van der Waals surface area (Å²) in [5.41, 5.74) is 0.257. The lowest BCUT2D eigenvalue weighted by Gasteiger charge is -2.23. The lowest BCUT2D eigenvalue weighted by Crippen LogP contribution is -2.28. The fourth-order valence-electron chi connectivity index (χ4n) is 3.87. The first-order chi connectivity index (χ1) is 15.8. The number of methoxy groups -OCH3 is 1. The monoisotopic (exact) mass is 446 g/mol. The molecular weight excluding hydrogens is 428 g/mol. The summed E-state index contributed by atoms with van der Waals surface area (Å²) in [6.45, 7) is 0. The van der Waals surface area contributed by atoms with Crippen molar-refractivity contribution in [2.24, 2.45) is 0 Å². The Morgan fingerprint density at radius 3 is 2.21 bits per heavy atom. The Hall–Kier alpha value is -4.46. The van der Waals surface area contributed by atoms with Crippen LogP contribution in [0.25, 0.3) is 17.1 Å². The zero-order chi connectivity index (χ0) is 23.7. The molecule has 1 aliphatic carbocycles. The van der Waals surface area contributed by atoms with E-state index in [1.165, 1.54) is 37.4 Å². The Morgan fingerprint density at radius 1 is 0.909 bits per heavy atom. The van der Waals surface area contributed by atoms with Gasteiger partial charge in [0, 0.05) is 16.7 Å². The topological polar surface area (TPSA) is 131 Å². The maximum Gasteiger partial charge on any atom is 0.336 e. The molecule has 0 saturated heterocycles. The van der Waals surface area contributed by atoms with Crippen molar-refractivity contribution in [3.63, 3.8) is 0 Å². The first-order valence-electron chi connectivity index (χ1n) is 9.94. The summed E-state index contributed by atoms with van der Waals surface area (Å²) in [5.74, 6) is -4.88. The van der Waals surface area contributed by atoms with Crippen LogP contribution in [0.2, 0.25) is 0 Å². The number of aliphatic hydroxyl groups excluding tert-OH is 1. The number of carbonyl (C=O) groups is 4. The number of furan rings is 1. The molecule has 0 amide bonds. The van der Waals surface area contributed by atoms with Crippen LogP contribution in [0.4, 0.5) is 0 Å². The van der Waals surface area contributed by atoms with Crippen molar-refractivity contribution >= 4 is 29.3 Å². The van der Waals surface area contributed by atoms with Crippen LogP contribution in [0.5, 0.6) is 0 Å². The zero-order valence-corrected chi connectivity index (χ0v) is 17.4. The Kier molecular flexibility index (Phi) is 5.66. The third kappa shape index (κ3) is 3.82. The van der Waals surface area contributed by atoms with Crippen molar-refractivity contribution in [2.75, 3.05) is 7.11 Å². The summed E-state index contributed by atoms with van der Waals surface area (Å²) in [5, 5.41) is 20.4. The molecule has 4 rings (SSSR count). The number of carbonyl (C=O) groups excluding carboxylic acids is 3. The number of aromatic carboxylic acids is 1. The smallest absolute Gasteiger partial charge is 0.336 e. The van der Waals surface area contributed by atoms with E-state index in [4.69, 9.17) is 9.15 Å². The van der Waals surface area contributed by atoms with E-state index in [0.29, 0.717) is 5.56 Å². The molecule has 0 saturated carbocycles. The highest BCUT2D eigenvalue weighted by Crippen LogP contribution is 2.40. The van der Waals surface area contributed by atoms with E-state index in [2.05, 4.69) is 0 Å². The number of carboxylic acid groups (broad SMARTS) is 1. The number of fused-ring (bicyclic) bond motifs is 1. The minimum absolute atomic E-state index is 0.00262. The first kappa shape index (κ1) is 21.8. The number of allylic oxidation sites excluding steroid dienone is 1. The average molecular weight is 446 g/mol. The van der Waals surface area contributed by atoms with E-state index in [9.17, 15) is 29.4 Å². The summed E-state index contributed by atoms with van der Waals surface area (Å²) in [7, 11) is 1.17.